The predicted molar refractivity (Wildman–Crippen MR) is 46.1 cm³/mol. The number of amides is 1. The van der Waals surface area contributed by atoms with Crippen molar-refractivity contribution in [3.63, 3.8) is 0 Å². The predicted octanol–water partition coefficient (Wildman–Crippen LogP) is 0.414. The highest BCUT2D eigenvalue weighted by atomic mass is 16.2. The van der Waals surface area contributed by atoms with Crippen LogP contribution in [0.3, 0.4) is 0 Å². The van der Waals surface area contributed by atoms with Crippen molar-refractivity contribution < 1.29 is 4.79 Å². The van der Waals surface area contributed by atoms with Crippen LogP contribution in [0.5, 0.6) is 0 Å². The van der Waals surface area contributed by atoms with E-state index >= 15 is 0 Å². The van der Waals surface area contributed by atoms with Gasteiger partial charge in [0, 0.05) is 6.04 Å². The number of carbonyl (C=O) groups is 1. The number of rotatable bonds is 4. The summed E-state index contributed by atoms with van der Waals surface area (Å²) < 4.78 is 0. The number of nitrogens with one attached hydrogen (secondary N) is 1. The lowest BCUT2D eigenvalue weighted by Crippen LogP contribution is -2.43. The molecule has 0 aliphatic heterocycles. The molecule has 0 heterocycles. The number of carbonyl (C=O) groups excluding carboxylic acids is 1. The summed E-state index contributed by atoms with van der Waals surface area (Å²) in [5, 5.41) is 2.72. The van der Waals surface area contributed by atoms with E-state index < -0.39 is 6.04 Å². The van der Waals surface area contributed by atoms with Crippen molar-refractivity contribution in [3.8, 4) is 0 Å². The van der Waals surface area contributed by atoms with Gasteiger partial charge in [0.25, 0.3) is 0 Å². The molecular formula is C8H16N2O. The molecule has 0 aromatic carbocycles. The number of hydrogen-bond acceptors (Lipinski definition) is 2. The Balaban J connectivity index is 3.72. The van der Waals surface area contributed by atoms with E-state index in [2.05, 4.69) is 11.9 Å². The van der Waals surface area contributed by atoms with Crippen molar-refractivity contribution >= 4 is 5.91 Å². The minimum Gasteiger partial charge on any atom is -0.353 e. The van der Waals surface area contributed by atoms with Crippen LogP contribution in [-0.2, 0) is 4.79 Å². The third-order valence-electron chi connectivity index (χ3n) is 1.19. The van der Waals surface area contributed by atoms with Gasteiger partial charge in [-0.3, -0.25) is 4.79 Å². The highest BCUT2D eigenvalue weighted by Crippen LogP contribution is 1.89. The molecule has 3 heteroatoms. The highest BCUT2D eigenvalue weighted by Gasteiger charge is 2.11. The molecule has 0 bridgehead atoms. The Labute approximate surface area is 67.7 Å². The van der Waals surface area contributed by atoms with Crippen LogP contribution in [0.25, 0.3) is 0 Å². The maximum Gasteiger partial charge on any atom is 0.237 e. The summed E-state index contributed by atoms with van der Waals surface area (Å²) in [6.07, 6.45) is 2.17. The molecule has 0 aromatic rings. The first-order valence-corrected chi connectivity index (χ1v) is 3.74. The monoisotopic (exact) mass is 156 g/mol. The van der Waals surface area contributed by atoms with Crippen molar-refractivity contribution in [1.29, 1.82) is 0 Å². The van der Waals surface area contributed by atoms with Crippen molar-refractivity contribution in [3.05, 3.63) is 12.7 Å². The average molecular weight is 156 g/mol. The van der Waals surface area contributed by atoms with E-state index in [1.807, 2.05) is 13.8 Å². The van der Waals surface area contributed by atoms with E-state index in [1.165, 1.54) is 0 Å². The first kappa shape index (κ1) is 10.2. The summed E-state index contributed by atoms with van der Waals surface area (Å²) in [5.41, 5.74) is 5.49. The second-order valence-corrected chi connectivity index (χ2v) is 2.79. The van der Waals surface area contributed by atoms with Crippen molar-refractivity contribution in [2.75, 3.05) is 0 Å². The number of nitrogens with two attached hydrogens (primary N) is 1. The minimum absolute atomic E-state index is 0.111. The molecule has 0 radical (unpaired) electrons. The van der Waals surface area contributed by atoms with Crippen molar-refractivity contribution in [2.45, 2.75) is 32.4 Å². The summed E-state index contributed by atoms with van der Waals surface area (Å²) >= 11 is 0. The Hall–Kier alpha value is -0.830. The molecular weight excluding hydrogens is 140 g/mol. The molecule has 1 atom stereocenters. The van der Waals surface area contributed by atoms with E-state index in [1.54, 1.807) is 6.08 Å². The zero-order valence-corrected chi connectivity index (χ0v) is 7.13. The van der Waals surface area contributed by atoms with Gasteiger partial charge in [0.1, 0.15) is 0 Å². The van der Waals surface area contributed by atoms with E-state index in [0.717, 1.165) is 0 Å². The summed E-state index contributed by atoms with van der Waals surface area (Å²) in [4.78, 5) is 11.1. The molecule has 11 heavy (non-hydrogen) atoms. The zero-order chi connectivity index (χ0) is 8.85. The standard InChI is InChI=1S/C8H16N2O/c1-4-5-7(9)8(11)10-6(2)3/h4,6-7H,1,5,9H2,2-3H3,(H,10,11). The van der Waals surface area contributed by atoms with E-state index in [0.29, 0.717) is 6.42 Å². The molecule has 3 nitrogen and oxygen atoms in total. The van der Waals surface area contributed by atoms with Gasteiger partial charge in [-0.05, 0) is 20.3 Å². The third-order valence-corrected chi connectivity index (χ3v) is 1.19. The van der Waals surface area contributed by atoms with Gasteiger partial charge in [0.15, 0.2) is 0 Å². The van der Waals surface area contributed by atoms with Crippen LogP contribution in [0.1, 0.15) is 20.3 Å². The second kappa shape index (κ2) is 4.91. The van der Waals surface area contributed by atoms with Gasteiger partial charge in [-0.15, -0.1) is 6.58 Å². The normalized spacial score (nSPS) is 12.7. The molecule has 0 saturated carbocycles. The molecule has 1 amide bonds. The Kier molecular flexibility index (Phi) is 4.54. The van der Waals surface area contributed by atoms with Crippen LogP contribution in [0, 0.1) is 0 Å². The molecule has 0 aromatic heterocycles. The highest BCUT2D eigenvalue weighted by molar-refractivity contribution is 5.81. The fraction of sp³-hybridized carbons (Fsp3) is 0.625. The quantitative estimate of drug-likeness (QED) is 0.579. The molecule has 0 saturated heterocycles. The molecule has 3 N–H and O–H groups in total. The van der Waals surface area contributed by atoms with Gasteiger partial charge in [0.05, 0.1) is 6.04 Å². The largest absolute Gasteiger partial charge is 0.353 e. The Morgan fingerprint density at radius 3 is 2.64 bits per heavy atom. The average Bonchev–Trinajstić information content (AvgIpc) is 1.86. The van der Waals surface area contributed by atoms with Gasteiger partial charge in [-0.2, -0.15) is 0 Å². The molecule has 1 unspecified atom stereocenters. The van der Waals surface area contributed by atoms with Crippen LogP contribution >= 0.6 is 0 Å². The Morgan fingerprint density at radius 2 is 2.27 bits per heavy atom. The Bertz CT molecular complexity index is 143. The maximum absolute atomic E-state index is 11.1. The van der Waals surface area contributed by atoms with Crippen LogP contribution in [0.4, 0.5) is 0 Å². The molecule has 0 aliphatic carbocycles. The smallest absolute Gasteiger partial charge is 0.237 e. The molecule has 0 aliphatic rings. The molecule has 0 fully saturated rings. The second-order valence-electron chi connectivity index (χ2n) is 2.79. The first-order chi connectivity index (χ1) is 5.07. The zero-order valence-electron chi connectivity index (χ0n) is 7.13. The topological polar surface area (TPSA) is 55.1 Å². The molecule has 0 spiro atoms. The SMILES string of the molecule is C=CCC(N)C(=O)NC(C)C. The van der Waals surface area contributed by atoms with Crippen molar-refractivity contribution in [1.82, 2.24) is 5.32 Å². The third kappa shape index (κ3) is 4.56. The molecule has 64 valence electrons. The first-order valence-electron chi connectivity index (χ1n) is 3.74. The lowest BCUT2D eigenvalue weighted by Gasteiger charge is -2.12. The summed E-state index contributed by atoms with van der Waals surface area (Å²) in [5.74, 6) is -0.111. The van der Waals surface area contributed by atoms with Crippen molar-refractivity contribution in [2.24, 2.45) is 5.73 Å². The van der Waals surface area contributed by atoms with Gasteiger partial charge in [-0.1, -0.05) is 6.08 Å². The summed E-state index contributed by atoms with van der Waals surface area (Å²) in [7, 11) is 0. The minimum atomic E-state index is -0.449. The lowest BCUT2D eigenvalue weighted by atomic mass is 10.2. The summed E-state index contributed by atoms with van der Waals surface area (Å²) in [6, 6.07) is -0.298. The van der Waals surface area contributed by atoms with Gasteiger partial charge < -0.3 is 11.1 Å². The van der Waals surface area contributed by atoms with E-state index in [-0.39, 0.29) is 11.9 Å². The van der Waals surface area contributed by atoms with Gasteiger partial charge in [-0.25, -0.2) is 0 Å². The fourth-order valence-corrected chi connectivity index (χ4v) is 0.678. The fourth-order valence-electron chi connectivity index (χ4n) is 0.678. The van der Waals surface area contributed by atoms with Gasteiger partial charge >= 0.3 is 0 Å². The van der Waals surface area contributed by atoms with E-state index in [4.69, 9.17) is 5.73 Å². The summed E-state index contributed by atoms with van der Waals surface area (Å²) in [6.45, 7) is 7.30. The molecule has 0 rings (SSSR count). The van der Waals surface area contributed by atoms with E-state index in [9.17, 15) is 4.79 Å². The Morgan fingerprint density at radius 1 is 1.73 bits per heavy atom. The maximum atomic E-state index is 11.1. The van der Waals surface area contributed by atoms with Crippen LogP contribution in [0.15, 0.2) is 12.7 Å². The lowest BCUT2D eigenvalue weighted by molar-refractivity contribution is -0.122. The van der Waals surface area contributed by atoms with Gasteiger partial charge in [0.2, 0.25) is 5.91 Å². The van der Waals surface area contributed by atoms with Crippen LogP contribution in [0.2, 0.25) is 0 Å². The van der Waals surface area contributed by atoms with Crippen LogP contribution in [-0.4, -0.2) is 18.0 Å². The van der Waals surface area contributed by atoms with Crippen LogP contribution < -0.4 is 11.1 Å². The number of hydrogen-bond donors (Lipinski definition) is 2.